The fourth-order valence-electron chi connectivity index (χ4n) is 1.71. The van der Waals surface area contributed by atoms with E-state index < -0.39 is 10.9 Å². The minimum Gasteiger partial charge on any atom is -0.489 e. The Bertz CT molecular complexity index is 636. The summed E-state index contributed by atoms with van der Waals surface area (Å²) in [6, 6.07) is 14.8. The second-order valence-electron chi connectivity index (χ2n) is 4.50. The number of hydrogen-bond donors (Lipinski definition) is 1. The lowest BCUT2D eigenvalue weighted by Gasteiger charge is -2.08. The Morgan fingerprint density at radius 2 is 1.82 bits per heavy atom. The number of nitrogens with zero attached hydrogens (tertiary/aromatic N) is 1. The first-order valence-electron chi connectivity index (χ1n) is 6.49. The van der Waals surface area contributed by atoms with Crippen molar-refractivity contribution in [2.45, 2.75) is 13.5 Å². The maximum atomic E-state index is 10.9. The van der Waals surface area contributed by atoms with E-state index in [2.05, 4.69) is 0 Å². The third-order valence-electron chi connectivity index (χ3n) is 2.68. The van der Waals surface area contributed by atoms with Gasteiger partial charge in [-0.25, -0.2) is 4.79 Å². The summed E-state index contributed by atoms with van der Waals surface area (Å²) < 4.78 is 5.61. The fourth-order valence-corrected chi connectivity index (χ4v) is 1.71. The predicted octanol–water partition coefficient (Wildman–Crippen LogP) is 3.17. The first-order chi connectivity index (χ1) is 10.4. The SMILES string of the molecule is C[N+](=O)[O-].Cc1cc(OCc2ccccc2)ccc1C(=O)O. The summed E-state index contributed by atoms with van der Waals surface area (Å²) in [6.45, 7) is 2.24. The molecule has 0 aliphatic carbocycles. The molecule has 0 saturated heterocycles. The number of aromatic carboxylic acids is 1. The molecule has 0 saturated carbocycles. The van der Waals surface area contributed by atoms with E-state index in [-0.39, 0.29) is 0 Å². The Kier molecular flexibility index (Phi) is 6.56. The molecular formula is C16H17NO5. The van der Waals surface area contributed by atoms with Crippen molar-refractivity contribution in [1.82, 2.24) is 0 Å². The molecule has 0 heterocycles. The van der Waals surface area contributed by atoms with Crippen LogP contribution in [0.25, 0.3) is 0 Å². The zero-order valence-corrected chi connectivity index (χ0v) is 12.4. The number of carboxylic acids is 1. The van der Waals surface area contributed by atoms with Crippen LogP contribution in [0.5, 0.6) is 5.75 Å². The third-order valence-corrected chi connectivity index (χ3v) is 2.68. The lowest BCUT2D eigenvalue weighted by molar-refractivity contribution is -0.445. The van der Waals surface area contributed by atoms with Gasteiger partial charge in [0.05, 0.1) is 5.56 Å². The smallest absolute Gasteiger partial charge is 0.335 e. The standard InChI is InChI=1S/C15H14O3.CH3NO2/c1-11-9-13(7-8-14(11)15(16)17)18-10-12-5-3-2-4-6-12;1-2(3)4/h2-9H,10H2,1H3,(H,16,17);1H3. The molecule has 0 fully saturated rings. The zero-order chi connectivity index (χ0) is 16.5. The quantitative estimate of drug-likeness (QED) is 0.692. The second-order valence-corrected chi connectivity index (χ2v) is 4.50. The Labute approximate surface area is 128 Å². The number of hydrogen-bond acceptors (Lipinski definition) is 4. The summed E-state index contributed by atoms with van der Waals surface area (Å²) in [7, 11) is 0.889. The molecule has 6 heteroatoms. The highest BCUT2D eigenvalue weighted by Gasteiger charge is 2.07. The van der Waals surface area contributed by atoms with Crippen LogP contribution >= 0.6 is 0 Å². The Balaban J connectivity index is 0.000000541. The first-order valence-corrected chi connectivity index (χ1v) is 6.49. The summed E-state index contributed by atoms with van der Waals surface area (Å²) in [5.41, 5.74) is 2.09. The molecule has 0 atom stereocenters. The van der Waals surface area contributed by atoms with Crippen molar-refractivity contribution in [3.63, 3.8) is 0 Å². The highest BCUT2D eigenvalue weighted by atomic mass is 16.6. The third kappa shape index (κ3) is 6.04. The van der Waals surface area contributed by atoms with Gasteiger partial charge in [-0.05, 0) is 36.2 Å². The van der Waals surface area contributed by atoms with Crippen LogP contribution in [-0.2, 0) is 6.61 Å². The molecule has 0 bridgehead atoms. The second kappa shape index (κ2) is 8.41. The lowest BCUT2D eigenvalue weighted by atomic mass is 10.1. The molecule has 0 aliphatic rings. The van der Waals surface area contributed by atoms with Gasteiger partial charge in [-0.2, -0.15) is 0 Å². The molecule has 0 aliphatic heterocycles. The van der Waals surface area contributed by atoms with Crippen molar-refractivity contribution in [2.24, 2.45) is 0 Å². The van der Waals surface area contributed by atoms with E-state index in [0.717, 1.165) is 12.6 Å². The number of carbonyl (C=O) groups is 1. The number of rotatable bonds is 4. The monoisotopic (exact) mass is 303 g/mol. The normalized spacial score (nSPS) is 9.36. The summed E-state index contributed by atoms with van der Waals surface area (Å²) in [5.74, 6) is -0.233. The number of carboxylic acid groups (broad SMARTS) is 1. The Morgan fingerprint density at radius 1 is 1.23 bits per heavy atom. The van der Waals surface area contributed by atoms with Gasteiger partial charge in [-0.15, -0.1) is 0 Å². The van der Waals surface area contributed by atoms with Gasteiger partial charge < -0.3 is 9.84 Å². The molecule has 22 heavy (non-hydrogen) atoms. The van der Waals surface area contributed by atoms with Gasteiger partial charge >= 0.3 is 5.97 Å². The van der Waals surface area contributed by atoms with Gasteiger partial charge in [0.2, 0.25) is 0 Å². The molecule has 1 N–H and O–H groups in total. The topological polar surface area (TPSA) is 89.7 Å². The van der Waals surface area contributed by atoms with E-state index in [1.54, 1.807) is 25.1 Å². The van der Waals surface area contributed by atoms with Crippen molar-refractivity contribution in [1.29, 1.82) is 0 Å². The summed E-state index contributed by atoms with van der Waals surface area (Å²) in [4.78, 5) is 19.2. The van der Waals surface area contributed by atoms with Crippen LogP contribution in [-0.4, -0.2) is 23.0 Å². The first kappa shape index (κ1) is 17.2. The number of nitro groups is 1. The fraction of sp³-hybridized carbons (Fsp3) is 0.188. The van der Waals surface area contributed by atoms with Crippen molar-refractivity contribution in [2.75, 3.05) is 7.05 Å². The molecule has 0 radical (unpaired) electrons. The van der Waals surface area contributed by atoms with Crippen molar-refractivity contribution in [3.05, 3.63) is 75.3 Å². The minimum absolute atomic E-state index is 0.307. The maximum absolute atomic E-state index is 10.9. The van der Waals surface area contributed by atoms with E-state index in [0.29, 0.717) is 23.5 Å². The summed E-state index contributed by atoms with van der Waals surface area (Å²) >= 11 is 0. The molecule has 0 amide bonds. The summed E-state index contributed by atoms with van der Waals surface area (Å²) in [5, 5.41) is 17.7. The highest BCUT2D eigenvalue weighted by molar-refractivity contribution is 5.89. The van der Waals surface area contributed by atoms with Gasteiger partial charge in [0, 0.05) is 4.92 Å². The molecule has 0 spiro atoms. The van der Waals surface area contributed by atoms with Crippen LogP contribution in [0.3, 0.4) is 0 Å². The molecule has 0 aromatic heterocycles. The van der Waals surface area contributed by atoms with Crippen LogP contribution in [0.2, 0.25) is 0 Å². The molecule has 6 nitrogen and oxygen atoms in total. The van der Waals surface area contributed by atoms with Gasteiger partial charge in [-0.1, -0.05) is 30.3 Å². The maximum Gasteiger partial charge on any atom is 0.335 e. The number of ether oxygens (including phenoxy) is 1. The molecule has 0 unspecified atom stereocenters. The van der Waals surface area contributed by atoms with Gasteiger partial charge in [-0.3, -0.25) is 10.1 Å². The van der Waals surface area contributed by atoms with Crippen LogP contribution in [0.1, 0.15) is 21.5 Å². The Morgan fingerprint density at radius 3 is 2.32 bits per heavy atom. The van der Waals surface area contributed by atoms with Gasteiger partial charge in [0.25, 0.3) is 0 Å². The van der Waals surface area contributed by atoms with Crippen molar-refractivity contribution in [3.8, 4) is 5.75 Å². The van der Waals surface area contributed by atoms with E-state index in [1.807, 2.05) is 30.3 Å². The van der Waals surface area contributed by atoms with E-state index in [1.165, 1.54) is 0 Å². The average molecular weight is 303 g/mol. The number of aryl methyl sites for hydroxylation is 1. The van der Waals surface area contributed by atoms with Crippen LogP contribution in [0.4, 0.5) is 0 Å². The molecular weight excluding hydrogens is 286 g/mol. The van der Waals surface area contributed by atoms with E-state index >= 15 is 0 Å². The minimum atomic E-state index is -0.915. The largest absolute Gasteiger partial charge is 0.489 e. The predicted molar refractivity (Wildman–Crippen MR) is 81.8 cm³/mol. The lowest BCUT2D eigenvalue weighted by Crippen LogP contribution is -2.01. The number of benzene rings is 2. The van der Waals surface area contributed by atoms with Crippen LogP contribution in [0, 0.1) is 17.0 Å². The molecule has 2 aromatic rings. The van der Waals surface area contributed by atoms with E-state index in [9.17, 15) is 4.79 Å². The molecule has 2 aromatic carbocycles. The molecule has 2 rings (SSSR count). The summed E-state index contributed by atoms with van der Waals surface area (Å²) in [6.07, 6.45) is 0. The van der Waals surface area contributed by atoms with Crippen LogP contribution in [0.15, 0.2) is 48.5 Å². The van der Waals surface area contributed by atoms with Crippen molar-refractivity contribution < 1.29 is 19.6 Å². The Hall–Kier alpha value is -2.89. The van der Waals surface area contributed by atoms with E-state index in [4.69, 9.17) is 20.0 Å². The highest BCUT2D eigenvalue weighted by Crippen LogP contribution is 2.18. The average Bonchev–Trinajstić information content (AvgIpc) is 2.45. The molecule has 116 valence electrons. The zero-order valence-electron chi connectivity index (χ0n) is 12.4. The van der Waals surface area contributed by atoms with Gasteiger partial charge in [0.15, 0.2) is 7.05 Å². The van der Waals surface area contributed by atoms with Crippen molar-refractivity contribution >= 4 is 5.97 Å². The van der Waals surface area contributed by atoms with Gasteiger partial charge in [0.1, 0.15) is 12.4 Å². The van der Waals surface area contributed by atoms with Crippen LogP contribution < -0.4 is 4.74 Å².